The number of carbonyl (C=O) groups is 4. The molecular formula is C71H122O12. The first-order valence-electron chi connectivity index (χ1n) is 33.9. The van der Waals surface area contributed by atoms with Crippen LogP contribution in [0.4, 0.5) is 0 Å². The van der Waals surface area contributed by atoms with Crippen LogP contribution in [0.25, 0.3) is 0 Å². The fourth-order valence-corrected chi connectivity index (χ4v) is 9.99. The number of ether oxygens (including phenoxy) is 5. The van der Waals surface area contributed by atoms with Gasteiger partial charge in [-0.1, -0.05) is 241 Å². The van der Waals surface area contributed by atoms with Gasteiger partial charge in [0.2, 0.25) is 0 Å². The number of carbonyl (C=O) groups excluding carboxylic acids is 3. The highest BCUT2D eigenvalue weighted by atomic mass is 16.7. The Bertz CT molecular complexity index is 1720. The number of allylic oxidation sites excluding steroid dienone is 12. The van der Waals surface area contributed by atoms with Crippen molar-refractivity contribution < 1.29 is 58.2 Å². The van der Waals surface area contributed by atoms with Crippen molar-refractivity contribution in [3.05, 3.63) is 72.9 Å². The third kappa shape index (κ3) is 48.0. The fourth-order valence-electron chi connectivity index (χ4n) is 9.99. The molecule has 478 valence electrons. The normalized spacial score (nSPS) is 18.0. The zero-order chi connectivity index (χ0) is 60.3. The van der Waals surface area contributed by atoms with Gasteiger partial charge in [0.1, 0.15) is 18.8 Å². The van der Waals surface area contributed by atoms with Gasteiger partial charge in [-0.2, -0.15) is 0 Å². The number of aliphatic hydroxyl groups is 2. The van der Waals surface area contributed by atoms with Crippen LogP contribution in [0.2, 0.25) is 0 Å². The molecule has 1 rings (SSSR count). The molecule has 0 saturated carbocycles. The van der Waals surface area contributed by atoms with E-state index in [1.165, 1.54) is 128 Å². The highest BCUT2D eigenvalue weighted by molar-refractivity contribution is 5.74. The van der Waals surface area contributed by atoms with Gasteiger partial charge in [0.05, 0.1) is 6.61 Å². The number of esters is 3. The maximum atomic E-state index is 13.2. The zero-order valence-corrected chi connectivity index (χ0v) is 52.9. The van der Waals surface area contributed by atoms with Gasteiger partial charge in [-0.25, -0.2) is 4.79 Å². The molecule has 0 bridgehead atoms. The van der Waals surface area contributed by atoms with Crippen LogP contribution < -0.4 is 0 Å². The molecule has 0 aromatic heterocycles. The Morgan fingerprint density at radius 2 is 0.723 bits per heavy atom. The Labute approximate surface area is 506 Å². The minimum Gasteiger partial charge on any atom is -0.479 e. The lowest BCUT2D eigenvalue weighted by Gasteiger charge is -2.40. The van der Waals surface area contributed by atoms with E-state index < -0.39 is 67.3 Å². The number of hydrogen-bond donors (Lipinski definition) is 3. The first-order valence-corrected chi connectivity index (χ1v) is 33.9. The van der Waals surface area contributed by atoms with Crippen LogP contribution in [0.15, 0.2) is 72.9 Å². The topological polar surface area (TPSA) is 175 Å². The van der Waals surface area contributed by atoms with Crippen LogP contribution in [-0.2, 0) is 42.9 Å². The predicted molar refractivity (Wildman–Crippen MR) is 340 cm³/mol. The molecule has 6 atom stereocenters. The molecule has 0 radical (unpaired) electrons. The van der Waals surface area contributed by atoms with Gasteiger partial charge in [0.15, 0.2) is 24.6 Å². The Morgan fingerprint density at radius 3 is 1.13 bits per heavy atom. The summed E-state index contributed by atoms with van der Waals surface area (Å²) in [5.41, 5.74) is 0. The minimum atomic E-state index is -1.91. The Balaban J connectivity index is 2.65. The molecule has 0 amide bonds. The largest absolute Gasteiger partial charge is 0.479 e. The number of carboxylic acids is 1. The van der Waals surface area contributed by atoms with Gasteiger partial charge in [-0.05, 0) is 116 Å². The lowest BCUT2D eigenvalue weighted by molar-refractivity contribution is -0.301. The molecule has 0 aromatic rings. The van der Waals surface area contributed by atoms with Gasteiger partial charge < -0.3 is 39.0 Å². The summed E-state index contributed by atoms with van der Waals surface area (Å²) in [6.45, 7) is 5.96. The van der Waals surface area contributed by atoms with Crippen molar-refractivity contribution in [3.8, 4) is 0 Å². The number of hydrogen-bond acceptors (Lipinski definition) is 11. The summed E-state index contributed by atoms with van der Waals surface area (Å²) in [5.74, 6) is -3.14. The van der Waals surface area contributed by atoms with Gasteiger partial charge in [0, 0.05) is 19.3 Å². The lowest BCUT2D eigenvalue weighted by Crippen LogP contribution is -2.61. The Kier molecular flexibility index (Phi) is 54.4. The second kappa shape index (κ2) is 58.5. The van der Waals surface area contributed by atoms with Crippen LogP contribution >= 0.6 is 0 Å². The van der Waals surface area contributed by atoms with E-state index in [0.717, 1.165) is 116 Å². The summed E-state index contributed by atoms with van der Waals surface area (Å²) >= 11 is 0. The van der Waals surface area contributed by atoms with E-state index in [0.29, 0.717) is 19.3 Å². The van der Waals surface area contributed by atoms with Crippen LogP contribution in [-0.4, -0.2) is 89.2 Å². The molecule has 83 heavy (non-hydrogen) atoms. The van der Waals surface area contributed by atoms with E-state index in [1.807, 2.05) is 0 Å². The summed E-state index contributed by atoms with van der Waals surface area (Å²) < 4.78 is 28.6. The van der Waals surface area contributed by atoms with Crippen molar-refractivity contribution in [1.29, 1.82) is 0 Å². The highest BCUT2D eigenvalue weighted by Crippen LogP contribution is 2.27. The molecular weight excluding hydrogens is 1040 g/mol. The Hall–Kier alpha value is -3.84. The minimum absolute atomic E-state index is 0.0430. The molecule has 12 heteroatoms. The maximum Gasteiger partial charge on any atom is 0.335 e. The van der Waals surface area contributed by atoms with Crippen molar-refractivity contribution in [2.75, 3.05) is 13.2 Å². The Morgan fingerprint density at radius 1 is 0.398 bits per heavy atom. The van der Waals surface area contributed by atoms with Crippen molar-refractivity contribution >= 4 is 23.9 Å². The number of aliphatic carboxylic acids is 1. The number of carboxylic acid groups (broad SMARTS) is 1. The van der Waals surface area contributed by atoms with Crippen LogP contribution in [0.1, 0.15) is 303 Å². The predicted octanol–water partition coefficient (Wildman–Crippen LogP) is 18.5. The lowest BCUT2D eigenvalue weighted by atomic mass is 9.98. The molecule has 3 N–H and O–H groups in total. The second-order valence-electron chi connectivity index (χ2n) is 23.1. The monoisotopic (exact) mass is 1170 g/mol. The molecule has 1 fully saturated rings. The molecule has 0 aromatic carbocycles. The van der Waals surface area contributed by atoms with Gasteiger partial charge in [-0.3, -0.25) is 14.4 Å². The number of unbranched alkanes of at least 4 members (excludes halogenated alkanes) is 32. The molecule has 12 nitrogen and oxygen atoms in total. The quantitative estimate of drug-likeness (QED) is 0.0228. The van der Waals surface area contributed by atoms with E-state index in [-0.39, 0.29) is 25.9 Å². The van der Waals surface area contributed by atoms with Crippen molar-refractivity contribution in [1.82, 2.24) is 0 Å². The average molecular weight is 1170 g/mol. The van der Waals surface area contributed by atoms with Gasteiger partial charge >= 0.3 is 23.9 Å². The first kappa shape index (κ1) is 77.2. The molecule has 1 aliphatic heterocycles. The van der Waals surface area contributed by atoms with Gasteiger partial charge in [0.25, 0.3) is 0 Å². The second-order valence-corrected chi connectivity index (χ2v) is 23.1. The van der Waals surface area contributed by atoms with Crippen molar-refractivity contribution in [3.63, 3.8) is 0 Å². The summed E-state index contributed by atoms with van der Waals surface area (Å²) in [6.07, 6.45) is 62.8. The van der Waals surface area contributed by atoms with Crippen molar-refractivity contribution in [2.24, 2.45) is 0 Å². The summed E-state index contributed by atoms with van der Waals surface area (Å²) in [6, 6.07) is 0. The fraction of sp³-hybridized carbons (Fsp3) is 0.775. The van der Waals surface area contributed by atoms with E-state index in [4.69, 9.17) is 23.7 Å². The summed E-state index contributed by atoms with van der Waals surface area (Å²) in [4.78, 5) is 51.4. The molecule has 6 unspecified atom stereocenters. The number of rotatable bonds is 58. The van der Waals surface area contributed by atoms with E-state index in [1.54, 1.807) is 0 Å². The van der Waals surface area contributed by atoms with E-state index >= 15 is 0 Å². The average Bonchev–Trinajstić information content (AvgIpc) is 3.60. The third-order valence-corrected chi connectivity index (χ3v) is 15.2. The van der Waals surface area contributed by atoms with Crippen molar-refractivity contribution in [2.45, 2.75) is 340 Å². The van der Waals surface area contributed by atoms with Crippen LogP contribution in [0.5, 0.6) is 0 Å². The first-order chi connectivity index (χ1) is 40.6. The van der Waals surface area contributed by atoms with Gasteiger partial charge in [-0.15, -0.1) is 0 Å². The van der Waals surface area contributed by atoms with Crippen LogP contribution in [0, 0.1) is 0 Å². The highest BCUT2D eigenvalue weighted by Gasteiger charge is 2.50. The van der Waals surface area contributed by atoms with E-state index in [9.17, 15) is 34.5 Å². The SMILES string of the molecule is CCCCC/C=C\C/C=C\C/C=C\CCCCCCCCC(=O)OC1C(OCC(COC(=O)CCCCCCCCCCC/C=C\CCCCCCCC)OC(=O)CCCCCCC/C=C\C/C=C\CCCCC)OC(C(=O)O)C(O)C1O. The molecule has 1 saturated heterocycles. The smallest absolute Gasteiger partial charge is 0.335 e. The molecule has 0 aliphatic carbocycles. The maximum absolute atomic E-state index is 13.2. The molecule has 1 heterocycles. The summed E-state index contributed by atoms with van der Waals surface area (Å²) in [5, 5.41) is 31.6. The number of aliphatic hydroxyl groups excluding tert-OH is 2. The summed E-state index contributed by atoms with van der Waals surface area (Å²) in [7, 11) is 0. The zero-order valence-electron chi connectivity index (χ0n) is 52.9. The van der Waals surface area contributed by atoms with E-state index in [2.05, 4.69) is 93.7 Å². The van der Waals surface area contributed by atoms with Crippen LogP contribution in [0.3, 0.4) is 0 Å². The molecule has 1 aliphatic rings. The third-order valence-electron chi connectivity index (χ3n) is 15.2. The molecule has 0 spiro atoms. The standard InChI is InChI=1S/C71H122O12/c1-4-7-10-13-16-19-22-25-28-30-32-34-37-39-42-45-48-51-54-57-63(72)79-60-62(81-64(73)58-55-52-49-46-43-40-36-27-24-21-18-15-12-9-6-3)61-80-71-69(67(76)66(75)68(83-71)70(77)78)82-65(74)59-56-53-50-47-44-41-38-35-33-31-29-26-23-20-17-14-11-8-5-2/h17-18,20-21,25-29,33,35-36,62,66-69,71,75-76H,4-16,19,22-24,30-32,34,37-61H2,1-3H3,(H,77,78)/b20-17-,21-18-,28-25-,29-26-,35-33-,36-27-.